The molecule has 0 N–H and O–H groups in total. The minimum atomic E-state index is -1.76. The number of benzene rings is 1. The molecule has 0 bridgehead atoms. The third-order valence-corrected chi connectivity index (χ3v) is 10.4. The average molecular weight is 375 g/mol. The van der Waals surface area contributed by atoms with Crippen LogP contribution in [-0.4, -0.2) is 8.32 Å². The van der Waals surface area contributed by atoms with E-state index in [9.17, 15) is 0 Å². The maximum absolute atomic E-state index is 6.38. The van der Waals surface area contributed by atoms with Gasteiger partial charge in [-0.3, -0.25) is 0 Å². The quantitative estimate of drug-likeness (QED) is 0.395. The Morgan fingerprint density at radius 1 is 1.04 bits per heavy atom. The normalized spacial score (nSPS) is 15.5. The molecule has 0 radical (unpaired) electrons. The van der Waals surface area contributed by atoms with Gasteiger partial charge < -0.3 is 4.43 Å². The molecule has 0 heterocycles. The molecule has 1 atom stereocenters. The lowest BCUT2D eigenvalue weighted by Crippen LogP contribution is -2.43. The van der Waals surface area contributed by atoms with Crippen LogP contribution >= 0.6 is 0 Å². The summed E-state index contributed by atoms with van der Waals surface area (Å²) >= 11 is 0. The van der Waals surface area contributed by atoms with Crippen molar-refractivity contribution in [2.45, 2.75) is 92.3 Å². The number of rotatable bonds is 9. The van der Waals surface area contributed by atoms with Gasteiger partial charge in [-0.1, -0.05) is 85.6 Å². The standard InChI is InChI=1S/C24H42OSi/c1-10-24(7,18-11-12-20(2)3)19-17-21-13-15-22(16-14-21)25-26(8,9)23(4,5)6/h13-17,19-20H,10-12,18H2,1-9H3/b19-17+. The summed E-state index contributed by atoms with van der Waals surface area (Å²) in [6, 6.07) is 8.62. The van der Waals surface area contributed by atoms with Crippen LogP contribution in [0.3, 0.4) is 0 Å². The zero-order valence-corrected chi connectivity index (χ0v) is 19.8. The zero-order chi connectivity index (χ0) is 20.0. The molecular formula is C24H42OSi. The molecule has 2 heteroatoms. The summed E-state index contributed by atoms with van der Waals surface area (Å²) in [5.74, 6) is 1.80. The van der Waals surface area contributed by atoms with Gasteiger partial charge in [0.05, 0.1) is 0 Å². The molecule has 1 aromatic carbocycles. The minimum Gasteiger partial charge on any atom is -0.544 e. The zero-order valence-electron chi connectivity index (χ0n) is 18.8. The smallest absolute Gasteiger partial charge is 0.250 e. The van der Waals surface area contributed by atoms with Crippen molar-refractivity contribution in [2.75, 3.05) is 0 Å². The van der Waals surface area contributed by atoms with Crippen molar-refractivity contribution in [1.82, 2.24) is 0 Å². The highest BCUT2D eigenvalue weighted by Gasteiger charge is 2.38. The van der Waals surface area contributed by atoms with Gasteiger partial charge in [0.25, 0.3) is 0 Å². The van der Waals surface area contributed by atoms with E-state index in [1.54, 1.807) is 0 Å². The molecule has 1 nitrogen and oxygen atoms in total. The molecule has 0 aliphatic rings. The second kappa shape index (κ2) is 9.26. The van der Waals surface area contributed by atoms with E-state index < -0.39 is 8.32 Å². The molecule has 1 aromatic rings. The van der Waals surface area contributed by atoms with E-state index in [4.69, 9.17) is 4.43 Å². The minimum absolute atomic E-state index is 0.227. The Kier molecular flexibility index (Phi) is 8.20. The van der Waals surface area contributed by atoms with Gasteiger partial charge in [0, 0.05) is 0 Å². The molecule has 0 saturated carbocycles. The fourth-order valence-electron chi connectivity index (χ4n) is 2.68. The Balaban J connectivity index is 2.74. The first-order valence-corrected chi connectivity index (χ1v) is 13.3. The highest BCUT2D eigenvalue weighted by Crippen LogP contribution is 2.37. The van der Waals surface area contributed by atoms with Crippen molar-refractivity contribution < 1.29 is 4.43 Å². The predicted octanol–water partition coefficient (Wildman–Crippen LogP) is 8.33. The summed E-state index contributed by atoms with van der Waals surface area (Å²) in [6.45, 7) is 20.7. The molecule has 148 valence electrons. The number of allylic oxidation sites excluding steroid dienone is 1. The van der Waals surface area contributed by atoms with Crippen molar-refractivity contribution in [3.63, 3.8) is 0 Å². The molecule has 0 aromatic heterocycles. The molecule has 1 rings (SSSR count). The van der Waals surface area contributed by atoms with Gasteiger partial charge >= 0.3 is 0 Å². The van der Waals surface area contributed by atoms with Gasteiger partial charge in [-0.25, -0.2) is 0 Å². The van der Waals surface area contributed by atoms with E-state index in [0.717, 1.165) is 11.7 Å². The first-order chi connectivity index (χ1) is 11.9. The number of hydrogen-bond donors (Lipinski definition) is 0. The van der Waals surface area contributed by atoms with Gasteiger partial charge in [0.2, 0.25) is 8.32 Å². The third kappa shape index (κ3) is 7.30. The van der Waals surface area contributed by atoms with Crippen molar-refractivity contribution >= 4 is 14.4 Å². The van der Waals surface area contributed by atoms with Crippen LogP contribution in [0.25, 0.3) is 6.08 Å². The molecule has 0 aliphatic heterocycles. The molecule has 0 saturated heterocycles. The Bertz CT molecular complexity index is 563. The van der Waals surface area contributed by atoms with Crippen LogP contribution in [0.1, 0.15) is 79.7 Å². The summed E-state index contributed by atoms with van der Waals surface area (Å²) in [4.78, 5) is 0. The lowest BCUT2D eigenvalue weighted by Gasteiger charge is -2.36. The van der Waals surface area contributed by atoms with E-state index in [1.807, 2.05) is 0 Å². The second-order valence-electron chi connectivity index (χ2n) is 10.1. The molecule has 0 amide bonds. The van der Waals surface area contributed by atoms with Gasteiger partial charge in [0.1, 0.15) is 5.75 Å². The van der Waals surface area contributed by atoms with Gasteiger partial charge in [0.15, 0.2) is 0 Å². The van der Waals surface area contributed by atoms with E-state index in [2.05, 4.69) is 98.0 Å². The van der Waals surface area contributed by atoms with E-state index >= 15 is 0 Å². The SMILES string of the molecule is CCC(C)(/C=C/c1ccc(O[Si](C)(C)C(C)(C)C)cc1)CCCC(C)C. The van der Waals surface area contributed by atoms with Crippen LogP contribution < -0.4 is 4.43 Å². The first kappa shape index (κ1) is 23.0. The van der Waals surface area contributed by atoms with Gasteiger partial charge in [-0.05, 0) is 60.0 Å². The molecule has 0 spiro atoms. The van der Waals surface area contributed by atoms with Crippen LogP contribution in [0.15, 0.2) is 30.3 Å². The summed E-state index contributed by atoms with van der Waals surface area (Å²) in [5.41, 5.74) is 1.56. The maximum atomic E-state index is 6.38. The lowest BCUT2D eigenvalue weighted by atomic mass is 9.81. The van der Waals surface area contributed by atoms with Crippen LogP contribution in [0.5, 0.6) is 5.75 Å². The topological polar surface area (TPSA) is 9.23 Å². The predicted molar refractivity (Wildman–Crippen MR) is 120 cm³/mol. The first-order valence-electron chi connectivity index (χ1n) is 10.4. The van der Waals surface area contributed by atoms with Crippen LogP contribution in [0.4, 0.5) is 0 Å². The Morgan fingerprint density at radius 2 is 1.62 bits per heavy atom. The van der Waals surface area contributed by atoms with Gasteiger partial charge in [-0.2, -0.15) is 0 Å². The average Bonchev–Trinajstić information content (AvgIpc) is 2.52. The Labute approximate surface area is 164 Å². The fourth-order valence-corrected chi connectivity index (χ4v) is 3.72. The van der Waals surface area contributed by atoms with E-state index in [-0.39, 0.29) is 5.04 Å². The van der Waals surface area contributed by atoms with Gasteiger partial charge in [-0.15, -0.1) is 0 Å². The molecule has 1 unspecified atom stereocenters. The summed E-state index contributed by atoms with van der Waals surface area (Å²) in [6.07, 6.45) is 9.79. The lowest BCUT2D eigenvalue weighted by molar-refractivity contribution is 0.349. The van der Waals surface area contributed by atoms with Crippen molar-refractivity contribution in [3.8, 4) is 5.75 Å². The van der Waals surface area contributed by atoms with Crippen molar-refractivity contribution in [2.24, 2.45) is 11.3 Å². The van der Waals surface area contributed by atoms with Crippen LogP contribution in [0, 0.1) is 11.3 Å². The molecule has 26 heavy (non-hydrogen) atoms. The Morgan fingerprint density at radius 3 is 2.08 bits per heavy atom. The van der Waals surface area contributed by atoms with E-state index in [1.165, 1.54) is 31.2 Å². The van der Waals surface area contributed by atoms with Crippen molar-refractivity contribution in [1.29, 1.82) is 0 Å². The third-order valence-electron chi connectivity index (χ3n) is 6.07. The monoisotopic (exact) mass is 374 g/mol. The fraction of sp³-hybridized carbons (Fsp3) is 0.667. The second-order valence-corrected chi connectivity index (χ2v) is 14.8. The summed E-state index contributed by atoms with van der Waals surface area (Å²) < 4.78 is 6.38. The molecular weight excluding hydrogens is 332 g/mol. The van der Waals surface area contributed by atoms with Crippen LogP contribution in [0.2, 0.25) is 18.1 Å². The highest BCUT2D eigenvalue weighted by atomic mass is 28.4. The maximum Gasteiger partial charge on any atom is 0.250 e. The largest absolute Gasteiger partial charge is 0.544 e. The van der Waals surface area contributed by atoms with Crippen LogP contribution in [-0.2, 0) is 0 Å². The number of hydrogen-bond acceptors (Lipinski definition) is 1. The van der Waals surface area contributed by atoms with Crippen molar-refractivity contribution in [3.05, 3.63) is 35.9 Å². The summed E-state index contributed by atoms with van der Waals surface area (Å²) in [5, 5.41) is 0.227. The summed E-state index contributed by atoms with van der Waals surface area (Å²) in [7, 11) is -1.76. The van der Waals surface area contributed by atoms with E-state index in [0.29, 0.717) is 5.41 Å². The highest BCUT2D eigenvalue weighted by molar-refractivity contribution is 6.74. The molecule has 0 aliphatic carbocycles. The molecule has 0 fully saturated rings. The Hall–Kier alpha value is -1.02.